The van der Waals surface area contributed by atoms with Gasteiger partial charge >= 0.3 is 6.03 Å². The molecule has 27 heavy (non-hydrogen) atoms. The van der Waals surface area contributed by atoms with E-state index in [1.807, 2.05) is 10.3 Å². The van der Waals surface area contributed by atoms with E-state index in [9.17, 15) is 9.59 Å². The minimum absolute atomic E-state index is 0.0835. The van der Waals surface area contributed by atoms with Crippen LogP contribution in [0, 0.1) is 0 Å². The Balaban J connectivity index is 1.35. The summed E-state index contributed by atoms with van der Waals surface area (Å²) in [7, 11) is 0. The fourth-order valence-corrected chi connectivity index (χ4v) is 4.37. The number of likely N-dealkylation sites (tertiary alicyclic amines) is 1. The molecule has 1 aromatic carbocycles. The molecule has 142 valence electrons. The minimum atomic E-state index is -0.353. The van der Waals surface area contributed by atoms with E-state index in [4.69, 9.17) is 4.74 Å². The van der Waals surface area contributed by atoms with Gasteiger partial charge in [-0.1, -0.05) is 0 Å². The second kappa shape index (κ2) is 8.10. The van der Waals surface area contributed by atoms with Gasteiger partial charge in [0, 0.05) is 24.5 Å². The number of nitrogens with one attached hydrogen (secondary N) is 2. The highest BCUT2D eigenvalue weighted by molar-refractivity contribution is 7.08. The van der Waals surface area contributed by atoms with Gasteiger partial charge in [-0.05, 0) is 72.3 Å². The van der Waals surface area contributed by atoms with Gasteiger partial charge in [-0.25, -0.2) is 4.79 Å². The summed E-state index contributed by atoms with van der Waals surface area (Å²) in [6.45, 7) is 1.41. The first-order chi connectivity index (χ1) is 13.2. The summed E-state index contributed by atoms with van der Waals surface area (Å²) >= 11 is 1.66. The van der Waals surface area contributed by atoms with Crippen molar-refractivity contribution in [3.05, 3.63) is 46.7 Å². The largest absolute Gasteiger partial charge is 0.368 e. The van der Waals surface area contributed by atoms with Crippen molar-refractivity contribution in [1.29, 1.82) is 0 Å². The van der Waals surface area contributed by atoms with Gasteiger partial charge in [0.2, 0.25) is 0 Å². The quantitative estimate of drug-likeness (QED) is 0.827. The molecule has 0 unspecified atom stereocenters. The van der Waals surface area contributed by atoms with Gasteiger partial charge in [-0.2, -0.15) is 11.3 Å². The molecule has 0 saturated carbocycles. The molecule has 3 heterocycles. The van der Waals surface area contributed by atoms with Crippen LogP contribution in [0.15, 0.2) is 41.1 Å². The van der Waals surface area contributed by atoms with Crippen LogP contribution in [-0.2, 0) is 9.53 Å². The van der Waals surface area contributed by atoms with E-state index in [1.165, 1.54) is 5.56 Å². The first-order valence-corrected chi connectivity index (χ1v) is 10.3. The molecule has 1 aromatic heterocycles. The molecule has 0 aliphatic carbocycles. The molecule has 3 amide bonds. The van der Waals surface area contributed by atoms with Crippen molar-refractivity contribution in [2.24, 2.45) is 0 Å². The van der Waals surface area contributed by atoms with Gasteiger partial charge < -0.3 is 20.3 Å². The number of benzene rings is 1. The Labute approximate surface area is 162 Å². The molecule has 2 aromatic rings. The molecule has 2 atom stereocenters. The summed E-state index contributed by atoms with van der Waals surface area (Å²) in [6, 6.07) is 9.36. The molecular weight excluding hydrogens is 362 g/mol. The minimum Gasteiger partial charge on any atom is -0.368 e. The van der Waals surface area contributed by atoms with Crippen LogP contribution < -0.4 is 10.6 Å². The van der Waals surface area contributed by atoms with Crippen molar-refractivity contribution >= 4 is 34.6 Å². The molecule has 2 aliphatic heterocycles. The first kappa shape index (κ1) is 18.0. The van der Waals surface area contributed by atoms with Gasteiger partial charge in [0.15, 0.2) is 0 Å². The van der Waals surface area contributed by atoms with Gasteiger partial charge in [0.05, 0.1) is 6.04 Å². The van der Waals surface area contributed by atoms with E-state index in [2.05, 4.69) is 22.1 Å². The summed E-state index contributed by atoms with van der Waals surface area (Å²) in [5.41, 5.74) is 2.62. The van der Waals surface area contributed by atoms with Crippen LogP contribution in [0.4, 0.5) is 16.2 Å². The van der Waals surface area contributed by atoms with Gasteiger partial charge in [-0.15, -0.1) is 0 Å². The third-order valence-corrected chi connectivity index (χ3v) is 5.77. The molecule has 0 radical (unpaired) electrons. The van der Waals surface area contributed by atoms with E-state index in [0.29, 0.717) is 18.0 Å². The molecule has 0 spiro atoms. The molecule has 2 saturated heterocycles. The predicted octanol–water partition coefficient (Wildman–Crippen LogP) is 4.23. The van der Waals surface area contributed by atoms with Crippen molar-refractivity contribution in [3.63, 3.8) is 0 Å². The summed E-state index contributed by atoms with van der Waals surface area (Å²) in [5.74, 6) is -0.111. The Morgan fingerprint density at radius 2 is 1.81 bits per heavy atom. The normalized spacial score (nSPS) is 22.0. The smallest absolute Gasteiger partial charge is 0.322 e. The van der Waals surface area contributed by atoms with Crippen molar-refractivity contribution < 1.29 is 14.3 Å². The Morgan fingerprint density at radius 1 is 1.04 bits per heavy atom. The average molecular weight is 385 g/mol. The van der Waals surface area contributed by atoms with Crippen molar-refractivity contribution in [2.45, 2.75) is 37.8 Å². The Kier molecular flexibility index (Phi) is 5.40. The summed E-state index contributed by atoms with van der Waals surface area (Å²) < 4.78 is 5.39. The van der Waals surface area contributed by atoms with E-state index < -0.39 is 0 Å². The van der Waals surface area contributed by atoms with E-state index in [0.717, 1.165) is 32.2 Å². The lowest BCUT2D eigenvalue weighted by Gasteiger charge is -2.24. The second-order valence-corrected chi connectivity index (χ2v) is 7.69. The average Bonchev–Trinajstić information content (AvgIpc) is 3.43. The number of rotatable bonds is 4. The maximum atomic E-state index is 12.7. The topological polar surface area (TPSA) is 70.7 Å². The van der Waals surface area contributed by atoms with Crippen LogP contribution in [0.5, 0.6) is 0 Å². The van der Waals surface area contributed by atoms with Crippen LogP contribution in [0.3, 0.4) is 0 Å². The Bertz CT molecular complexity index is 785. The van der Waals surface area contributed by atoms with Crippen molar-refractivity contribution in [3.8, 4) is 0 Å². The van der Waals surface area contributed by atoms with Crippen LogP contribution in [-0.4, -0.2) is 36.1 Å². The zero-order chi connectivity index (χ0) is 18.6. The number of carbonyl (C=O) groups is 2. The first-order valence-electron chi connectivity index (χ1n) is 9.33. The number of anilines is 2. The van der Waals surface area contributed by atoms with Gasteiger partial charge in [0.25, 0.3) is 5.91 Å². The van der Waals surface area contributed by atoms with E-state index in [-0.39, 0.29) is 24.1 Å². The van der Waals surface area contributed by atoms with Crippen molar-refractivity contribution in [2.75, 3.05) is 23.8 Å². The standard InChI is InChI=1S/C20H23N3O3S/c24-19(18-4-2-11-26-18)21-15-5-7-16(8-6-15)22-20(25)23-10-1-3-17(23)14-9-12-27-13-14/h5-9,12-13,17-18H,1-4,10-11H2,(H,21,24)(H,22,25)/t17-,18+/m0/s1. The lowest BCUT2D eigenvalue weighted by molar-refractivity contribution is -0.124. The highest BCUT2D eigenvalue weighted by Gasteiger charge is 2.30. The molecule has 2 fully saturated rings. The monoisotopic (exact) mass is 385 g/mol. The summed E-state index contributed by atoms with van der Waals surface area (Å²) in [4.78, 5) is 26.7. The Hall–Kier alpha value is -2.38. The highest BCUT2D eigenvalue weighted by Crippen LogP contribution is 2.33. The molecule has 6 nitrogen and oxygen atoms in total. The number of hydrogen-bond donors (Lipinski definition) is 2. The van der Waals surface area contributed by atoms with Crippen LogP contribution in [0.25, 0.3) is 0 Å². The fourth-order valence-electron chi connectivity index (χ4n) is 3.66. The second-order valence-electron chi connectivity index (χ2n) is 6.91. The van der Waals surface area contributed by atoms with E-state index >= 15 is 0 Å². The predicted molar refractivity (Wildman–Crippen MR) is 106 cm³/mol. The zero-order valence-electron chi connectivity index (χ0n) is 15.0. The fraction of sp³-hybridized carbons (Fsp3) is 0.400. The lowest BCUT2D eigenvalue weighted by Crippen LogP contribution is -2.34. The van der Waals surface area contributed by atoms with Crippen LogP contribution in [0.1, 0.15) is 37.3 Å². The van der Waals surface area contributed by atoms with Crippen molar-refractivity contribution in [1.82, 2.24) is 4.90 Å². The number of carbonyl (C=O) groups excluding carboxylic acids is 2. The summed E-state index contributed by atoms with van der Waals surface area (Å²) in [6.07, 6.45) is 3.35. The number of nitrogens with zero attached hydrogens (tertiary/aromatic N) is 1. The lowest BCUT2D eigenvalue weighted by atomic mass is 10.1. The SMILES string of the molecule is O=C(Nc1ccc(NC(=O)N2CCC[C@H]2c2ccsc2)cc1)[C@H]1CCCO1. The van der Waals surface area contributed by atoms with Gasteiger partial charge in [-0.3, -0.25) is 4.79 Å². The highest BCUT2D eigenvalue weighted by atomic mass is 32.1. The number of ether oxygens (including phenoxy) is 1. The number of hydrogen-bond acceptors (Lipinski definition) is 4. The van der Waals surface area contributed by atoms with Crippen LogP contribution in [0.2, 0.25) is 0 Å². The number of amides is 3. The van der Waals surface area contributed by atoms with Crippen LogP contribution >= 0.6 is 11.3 Å². The molecule has 4 rings (SSSR count). The molecule has 0 bridgehead atoms. The Morgan fingerprint density at radius 3 is 2.48 bits per heavy atom. The number of thiophene rings is 1. The molecular formula is C20H23N3O3S. The third-order valence-electron chi connectivity index (χ3n) is 5.07. The number of urea groups is 1. The maximum absolute atomic E-state index is 12.7. The third kappa shape index (κ3) is 4.14. The van der Waals surface area contributed by atoms with Gasteiger partial charge in [0.1, 0.15) is 6.10 Å². The molecule has 2 aliphatic rings. The van der Waals surface area contributed by atoms with E-state index in [1.54, 1.807) is 35.6 Å². The molecule has 2 N–H and O–H groups in total. The molecule has 7 heteroatoms. The maximum Gasteiger partial charge on any atom is 0.322 e. The zero-order valence-corrected chi connectivity index (χ0v) is 15.8. The summed E-state index contributed by atoms with van der Waals surface area (Å²) in [5, 5.41) is 9.99.